The highest BCUT2D eigenvalue weighted by molar-refractivity contribution is 5.96. The fraction of sp³-hybridized carbons (Fsp3) is 0.714. The van der Waals surface area contributed by atoms with Crippen LogP contribution in [0.15, 0.2) is 30.3 Å². The molecule has 13 nitrogen and oxygen atoms in total. The number of nitrogens with one attached hydrogen (secondary N) is 2. The summed E-state index contributed by atoms with van der Waals surface area (Å²) in [6.45, 7) is 12.8. The molecule has 3 fully saturated rings. The molecule has 3 aliphatic rings. The van der Waals surface area contributed by atoms with Gasteiger partial charge in [0.1, 0.15) is 24.2 Å². The van der Waals surface area contributed by atoms with Gasteiger partial charge in [0.2, 0.25) is 35.4 Å². The second-order valence-electron chi connectivity index (χ2n) is 16.8. The maximum absolute atomic E-state index is 14.1. The number of rotatable bonds is 18. The number of hydrogen-bond donors (Lipinski definition) is 4. The number of carbonyl (C=O) groups excluding carboxylic acids is 6. The van der Waals surface area contributed by atoms with Crippen molar-refractivity contribution in [1.82, 2.24) is 25.3 Å². The molecular weight excluding hydrogens is 700 g/mol. The summed E-state index contributed by atoms with van der Waals surface area (Å²) in [5.41, 5.74) is 6.67. The molecule has 0 radical (unpaired) electrons. The number of aliphatic hydroxyl groups excluding tert-OH is 1. The molecule has 0 bridgehead atoms. The van der Waals surface area contributed by atoms with Gasteiger partial charge in [0, 0.05) is 32.1 Å². The van der Waals surface area contributed by atoms with Crippen molar-refractivity contribution in [3.05, 3.63) is 35.9 Å². The van der Waals surface area contributed by atoms with Gasteiger partial charge in [-0.1, -0.05) is 78.3 Å². The average Bonchev–Trinajstić information content (AvgIpc) is 3.95. The topological polar surface area (TPSA) is 182 Å². The summed E-state index contributed by atoms with van der Waals surface area (Å²) in [6.07, 6.45) is 5.01. The zero-order valence-electron chi connectivity index (χ0n) is 33.9. The van der Waals surface area contributed by atoms with Gasteiger partial charge in [0.05, 0.1) is 12.0 Å². The van der Waals surface area contributed by atoms with E-state index in [0.29, 0.717) is 71.0 Å². The van der Waals surface area contributed by atoms with E-state index in [0.717, 1.165) is 18.4 Å². The van der Waals surface area contributed by atoms with Crippen LogP contribution < -0.4 is 16.4 Å². The summed E-state index contributed by atoms with van der Waals surface area (Å²) in [5.74, 6) is -3.48. The lowest BCUT2D eigenvalue weighted by Gasteiger charge is -2.35. The van der Waals surface area contributed by atoms with Crippen LogP contribution in [-0.2, 0) is 35.2 Å². The largest absolute Gasteiger partial charge is 0.392 e. The minimum atomic E-state index is -1.03. The number of amides is 6. The molecule has 8 atom stereocenters. The van der Waals surface area contributed by atoms with Gasteiger partial charge in [-0.3, -0.25) is 28.8 Å². The molecule has 55 heavy (non-hydrogen) atoms. The van der Waals surface area contributed by atoms with E-state index in [9.17, 15) is 33.9 Å². The lowest BCUT2D eigenvalue weighted by molar-refractivity contribution is -0.148. The maximum atomic E-state index is 14.1. The lowest BCUT2D eigenvalue weighted by Crippen LogP contribution is -2.60. The van der Waals surface area contributed by atoms with Gasteiger partial charge in [-0.05, 0) is 81.1 Å². The van der Waals surface area contributed by atoms with Crippen molar-refractivity contribution in [3.63, 3.8) is 0 Å². The number of nitrogens with zero attached hydrogens (tertiary/aromatic N) is 3. The Morgan fingerprint density at radius 1 is 0.800 bits per heavy atom. The van der Waals surface area contributed by atoms with Crippen molar-refractivity contribution in [3.8, 4) is 0 Å². The first-order valence-corrected chi connectivity index (χ1v) is 20.7. The van der Waals surface area contributed by atoms with Crippen LogP contribution in [0.3, 0.4) is 0 Å². The second-order valence-corrected chi connectivity index (χ2v) is 16.8. The van der Waals surface area contributed by atoms with Gasteiger partial charge in [0.15, 0.2) is 0 Å². The highest BCUT2D eigenvalue weighted by Crippen LogP contribution is 2.29. The molecular formula is C42H66N6O7. The molecule has 0 aromatic heterocycles. The third-order valence-corrected chi connectivity index (χ3v) is 11.9. The first kappa shape index (κ1) is 43.7. The molecule has 306 valence electrons. The van der Waals surface area contributed by atoms with Crippen LogP contribution in [0.5, 0.6) is 0 Å². The third-order valence-electron chi connectivity index (χ3n) is 11.9. The molecule has 0 saturated carbocycles. The smallest absolute Gasteiger partial charge is 0.246 e. The lowest BCUT2D eigenvalue weighted by atomic mass is 9.86. The van der Waals surface area contributed by atoms with E-state index in [2.05, 4.69) is 10.6 Å². The molecule has 1 aromatic rings. The second kappa shape index (κ2) is 20.2. The number of aryl methyl sites for hydroxylation is 1. The van der Waals surface area contributed by atoms with Crippen molar-refractivity contribution in [1.29, 1.82) is 0 Å². The van der Waals surface area contributed by atoms with Crippen LogP contribution in [0.1, 0.15) is 111 Å². The van der Waals surface area contributed by atoms with Gasteiger partial charge in [-0.2, -0.15) is 0 Å². The number of nitrogens with two attached hydrogens (primary N) is 1. The number of hydrogen-bond acceptors (Lipinski definition) is 7. The molecule has 6 amide bonds. The Hall–Kier alpha value is -4.00. The van der Waals surface area contributed by atoms with Crippen LogP contribution in [0, 0.1) is 23.7 Å². The first-order chi connectivity index (χ1) is 26.1. The number of benzene rings is 1. The van der Waals surface area contributed by atoms with Gasteiger partial charge in [0.25, 0.3) is 0 Å². The van der Waals surface area contributed by atoms with Crippen molar-refractivity contribution in [2.24, 2.45) is 29.4 Å². The Balaban J connectivity index is 1.44. The zero-order valence-corrected chi connectivity index (χ0v) is 33.9. The van der Waals surface area contributed by atoms with Crippen LogP contribution in [0.4, 0.5) is 0 Å². The Bertz CT molecular complexity index is 1490. The summed E-state index contributed by atoms with van der Waals surface area (Å²) in [7, 11) is 0. The van der Waals surface area contributed by atoms with Crippen LogP contribution >= 0.6 is 0 Å². The molecule has 5 N–H and O–H groups in total. The molecule has 0 unspecified atom stereocenters. The Labute approximate surface area is 327 Å². The van der Waals surface area contributed by atoms with E-state index < -0.39 is 53.9 Å². The summed E-state index contributed by atoms with van der Waals surface area (Å²) in [5, 5.41) is 17.5. The normalized spacial score (nSPS) is 22.7. The van der Waals surface area contributed by atoms with Gasteiger partial charge in [-0.25, -0.2) is 0 Å². The van der Waals surface area contributed by atoms with E-state index in [4.69, 9.17) is 5.73 Å². The van der Waals surface area contributed by atoms with Crippen LogP contribution in [0.25, 0.3) is 0 Å². The van der Waals surface area contributed by atoms with E-state index >= 15 is 0 Å². The molecule has 3 saturated heterocycles. The quantitative estimate of drug-likeness (QED) is 0.177. The zero-order chi connectivity index (χ0) is 40.4. The minimum Gasteiger partial charge on any atom is -0.392 e. The van der Waals surface area contributed by atoms with Crippen LogP contribution in [0.2, 0.25) is 0 Å². The van der Waals surface area contributed by atoms with Gasteiger partial charge >= 0.3 is 0 Å². The number of aliphatic hydroxyl groups is 1. The fourth-order valence-corrected chi connectivity index (χ4v) is 8.54. The maximum Gasteiger partial charge on any atom is 0.246 e. The highest BCUT2D eigenvalue weighted by Gasteiger charge is 2.44. The summed E-state index contributed by atoms with van der Waals surface area (Å²) >= 11 is 0. The Morgan fingerprint density at radius 3 is 2.02 bits per heavy atom. The average molecular weight is 767 g/mol. The van der Waals surface area contributed by atoms with E-state index in [1.54, 1.807) is 0 Å². The predicted molar refractivity (Wildman–Crippen MR) is 210 cm³/mol. The molecule has 0 aliphatic carbocycles. The van der Waals surface area contributed by atoms with E-state index in [1.165, 1.54) is 9.80 Å². The highest BCUT2D eigenvalue weighted by atomic mass is 16.3. The first-order valence-electron chi connectivity index (χ1n) is 20.7. The van der Waals surface area contributed by atoms with Gasteiger partial charge < -0.3 is 36.2 Å². The summed E-state index contributed by atoms with van der Waals surface area (Å²) < 4.78 is 0. The van der Waals surface area contributed by atoms with Crippen molar-refractivity contribution < 1.29 is 33.9 Å². The van der Waals surface area contributed by atoms with Crippen molar-refractivity contribution >= 4 is 35.4 Å². The SMILES string of the molecule is CC[C@@H](C)[C@@H](NC(=O)[C@@H](CC(C)C)[C@H](O)C[C@H]1CCCN1C(=O)CCc1ccccc1)C(=O)N[C@@H](C(=O)N1CCC[C@@H]1C(=O)N1CCC[C@@H]1C(N)=O)C(C)C. The molecule has 3 aliphatic heterocycles. The number of primary amides is 1. The standard InChI is InChI=1S/C42H66N6O7/c1-7-28(6)37(40(53)44-36(27(4)5)42(55)48-23-13-18-33(48)41(54)47-22-12-17-32(47)38(43)51)45-39(52)31(24-26(2)3)34(49)25-30-16-11-21-46(30)35(50)20-19-29-14-9-8-10-15-29/h8-10,14-15,26-28,30-34,36-37,49H,7,11-13,16-25H2,1-6H3,(H2,43,51)(H,44,53)(H,45,52)/t28-,30-,31+,32-,33-,34-,36-,37-/m1/s1. The predicted octanol–water partition coefficient (Wildman–Crippen LogP) is 3.16. The Morgan fingerprint density at radius 2 is 1.40 bits per heavy atom. The van der Waals surface area contributed by atoms with Crippen LogP contribution in [-0.4, -0.2) is 111 Å². The molecule has 4 rings (SSSR count). The van der Waals surface area contributed by atoms with Crippen molar-refractivity contribution in [2.75, 3.05) is 19.6 Å². The molecule has 0 spiro atoms. The third kappa shape index (κ3) is 11.3. The number of likely N-dealkylation sites (tertiary alicyclic amines) is 3. The summed E-state index contributed by atoms with van der Waals surface area (Å²) in [4.78, 5) is 86.2. The molecule has 3 heterocycles. The Kier molecular flexibility index (Phi) is 16.1. The minimum absolute atomic E-state index is 0.0432. The molecule has 1 aromatic carbocycles. The monoisotopic (exact) mass is 766 g/mol. The van der Waals surface area contributed by atoms with E-state index in [1.807, 2.05) is 76.8 Å². The summed E-state index contributed by atoms with van der Waals surface area (Å²) in [6, 6.07) is 6.32. The van der Waals surface area contributed by atoms with E-state index in [-0.39, 0.29) is 47.9 Å². The fourth-order valence-electron chi connectivity index (χ4n) is 8.54. The van der Waals surface area contributed by atoms with Crippen molar-refractivity contribution in [2.45, 2.75) is 148 Å². The molecule has 13 heteroatoms. The number of carbonyl (C=O) groups is 6. The van der Waals surface area contributed by atoms with Gasteiger partial charge in [-0.15, -0.1) is 0 Å².